The van der Waals surface area contributed by atoms with Crippen molar-refractivity contribution in [3.63, 3.8) is 0 Å². The Hall–Kier alpha value is -2.67. The van der Waals surface area contributed by atoms with Gasteiger partial charge in [0.05, 0.1) is 39.1 Å². The molecule has 0 aromatic heterocycles. The van der Waals surface area contributed by atoms with Crippen molar-refractivity contribution in [3.8, 4) is 0 Å². The molecule has 0 aromatic carbocycles. The molecule has 6 aliphatic rings. The van der Waals surface area contributed by atoms with Crippen molar-refractivity contribution in [2.45, 2.75) is 212 Å². The predicted molar refractivity (Wildman–Crippen MR) is 233 cm³/mol. The molecule has 3 amide bonds. The topological polar surface area (TPSA) is 513 Å². The lowest BCUT2D eigenvalue weighted by atomic mass is 9.93. The number of carbonyl (C=O) groups is 3. The van der Waals surface area contributed by atoms with Crippen LogP contribution in [0.4, 0.5) is 0 Å². The van der Waals surface area contributed by atoms with E-state index in [1.807, 2.05) is 0 Å². The van der Waals surface area contributed by atoms with Gasteiger partial charge >= 0.3 is 0 Å². The number of hydrogen-bond acceptors (Lipinski definition) is 30. The van der Waals surface area contributed by atoms with Crippen molar-refractivity contribution >= 4 is 17.7 Å². The highest BCUT2D eigenvalue weighted by molar-refractivity contribution is 5.74. The number of aliphatic hydroxyl groups excluding tert-OH is 16. The summed E-state index contributed by atoms with van der Waals surface area (Å²) in [5, 5.41) is 180. The van der Waals surface area contributed by atoms with E-state index in [9.17, 15) is 96.1 Å². The van der Waals surface area contributed by atoms with Crippen molar-refractivity contribution in [2.75, 3.05) is 33.0 Å². The van der Waals surface area contributed by atoms with Crippen molar-refractivity contribution < 1.29 is 148 Å². The van der Waals surface area contributed by atoms with Crippen LogP contribution in [0, 0.1) is 0 Å². The molecule has 1 unspecified atom stereocenters. The second-order valence-corrected chi connectivity index (χ2v) is 19.0. The van der Waals surface area contributed by atoms with Crippen LogP contribution in [0.2, 0.25) is 0 Å². The van der Waals surface area contributed by atoms with E-state index in [-0.39, 0.29) is 0 Å². The van der Waals surface area contributed by atoms with Gasteiger partial charge in [-0.05, 0) is 6.92 Å². The Labute approximate surface area is 426 Å². The van der Waals surface area contributed by atoms with E-state index in [2.05, 4.69) is 16.0 Å². The molecule has 6 aliphatic heterocycles. The molecule has 434 valence electrons. The van der Waals surface area contributed by atoms with Gasteiger partial charge in [-0.15, -0.1) is 0 Å². The average molecular weight is 1100 g/mol. The Morgan fingerprint density at radius 3 is 1.32 bits per heavy atom. The van der Waals surface area contributed by atoms with Crippen LogP contribution in [0.15, 0.2) is 0 Å². The molecule has 33 nitrogen and oxygen atoms in total. The smallest absolute Gasteiger partial charge is 0.217 e. The summed E-state index contributed by atoms with van der Waals surface area (Å²) in [6.07, 6.45) is -51.0. The van der Waals surface area contributed by atoms with E-state index in [0.29, 0.717) is 0 Å². The zero-order chi connectivity index (χ0) is 55.5. The number of carbonyl (C=O) groups excluding carboxylic acids is 3. The molecular formula is C42H71N3O30. The van der Waals surface area contributed by atoms with E-state index in [4.69, 9.17) is 52.1 Å². The summed E-state index contributed by atoms with van der Waals surface area (Å²) >= 11 is 0. The quantitative estimate of drug-likeness (QED) is 0.0606. The molecule has 0 spiro atoms. The fourth-order valence-electron chi connectivity index (χ4n) is 9.53. The van der Waals surface area contributed by atoms with Crippen molar-refractivity contribution in [2.24, 2.45) is 0 Å². The minimum absolute atomic E-state index is 0.710. The number of amides is 3. The van der Waals surface area contributed by atoms with E-state index >= 15 is 0 Å². The van der Waals surface area contributed by atoms with Crippen molar-refractivity contribution in [1.82, 2.24) is 16.0 Å². The van der Waals surface area contributed by atoms with Gasteiger partial charge in [-0.2, -0.15) is 0 Å². The second kappa shape index (κ2) is 26.5. The van der Waals surface area contributed by atoms with Gasteiger partial charge in [-0.3, -0.25) is 14.4 Å². The molecule has 6 saturated heterocycles. The highest BCUT2D eigenvalue weighted by Gasteiger charge is 2.58. The van der Waals surface area contributed by atoms with Gasteiger partial charge in [0.2, 0.25) is 17.7 Å². The van der Waals surface area contributed by atoms with Crippen LogP contribution in [0.1, 0.15) is 27.7 Å². The van der Waals surface area contributed by atoms with Gasteiger partial charge in [0.25, 0.3) is 0 Å². The van der Waals surface area contributed by atoms with E-state index in [1.165, 1.54) is 6.92 Å². The van der Waals surface area contributed by atoms with Crippen molar-refractivity contribution in [1.29, 1.82) is 0 Å². The second-order valence-electron chi connectivity index (χ2n) is 19.0. The highest BCUT2D eigenvalue weighted by Crippen LogP contribution is 2.37. The molecule has 19 N–H and O–H groups in total. The first-order valence-electron chi connectivity index (χ1n) is 23.9. The largest absolute Gasteiger partial charge is 0.394 e. The molecule has 0 radical (unpaired) electrons. The van der Waals surface area contributed by atoms with Gasteiger partial charge in [0.15, 0.2) is 37.7 Å². The summed E-state index contributed by atoms with van der Waals surface area (Å²) < 4.78 is 64.7. The molecule has 30 atom stereocenters. The summed E-state index contributed by atoms with van der Waals surface area (Å²) in [6, 6.07) is -5.06. The van der Waals surface area contributed by atoms with Gasteiger partial charge < -0.3 is 150 Å². The van der Waals surface area contributed by atoms with Crippen LogP contribution < -0.4 is 16.0 Å². The van der Waals surface area contributed by atoms with Gasteiger partial charge in [0.1, 0.15) is 140 Å². The number of rotatable bonds is 18. The molecule has 6 heterocycles. The van der Waals surface area contributed by atoms with Crippen LogP contribution in [0.5, 0.6) is 0 Å². The zero-order valence-corrected chi connectivity index (χ0v) is 40.7. The minimum atomic E-state index is -2.18. The minimum Gasteiger partial charge on any atom is -0.394 e. The van der Waals surface area contributed by atoms with Crippen LogP contribution in [0.25, 0.3) is 0 Å². The highest BCUT2D eigenvalue weighted by atomic mass is 16.8. The summed E-state index contributed by atoms with van der Waals surface area (Å²) in [4.78, 5) is 37.5. The maximum absolute atomic E-state index is 12.9. The van der Waals surface area contributed by atoms with Crippen LogP contribution in [-0.4, -0.2) is 317 Å². The molecule has 0 saturated carbocycles. The summed E-state index contributed by atoms with van der Waals surface area (Å²) in [5.41, 5.74) is 0. The molecule has 6 fully saturated rings. The first kappa shape index (κ1) is 61.5. The zero-order valence-electron chi connectivity index (χ0n) is 40.7. The van der Waals surface area contributed by atoms with Crippen LogP contribution in [-0.2, 0) is 66.5 Å². The summed E-state index contributed by atoms with van der Waals surface area (Å²) in [7, 11) is 0. The normalized spacial score (nSPS) is 48.6. The first-order valence-corrected chi connectivity index (χ1v) is 23.9. The lowest BCUT2D eigenvalue weighted by molar-refractivity contribution is -0.400. The lowest BCUT2D eigenvalue weighted by Crippen LogP contribution is -2.71. The Morgan fingerprint density at radius 1 is 0.373 bits per heavy atom. The van der Waals surface area contributed by atoms with Gasteiger partial charge in [-0.1, -0.05) is 0 Å². The lowest BCUT2D eigenvalue weighted by Gasteiger charge is -2.52. The average Bonchev–Trinajstić information content (AvgIpc) is 3.36. The maximum atomic E-state index is 12.9. The standard InChI is InChI=1S/C42H71N3O30/c1-10-22(53)29(60)31(62)40(66-10)75-36-35(74-39-21(45-13(4)52)34(25(56)16(7-48)69-39)72-41-32(63)30(61)24(55)15(6-47)70-41)26(57)17(8-49)71-42(36)73-33-20(44-12(3)51)37(64)67-18(27(33)58)9-65-38-19(43-11(2)50)28(59)23(54)14(5-46)68-38/h10,14-42,46-49,53-64H,5-9H2,1-4H3,(H,43,50)(H,44,51)(H,45,52)/t10-,14+,15+,16+,17+,18+,19+,20+,21+,22+,23+,24-,25-,26-,27-,28+,29+,30-,31-,32+,33+,34+,35-,36+,37?,38+,39+,40-,41+,42-/m0/s1. The van der Waals surface area contributed by atoms with Gasteiger partial charge in [-0.25, -0.2) is 0 Å². The summed E-state index contributed by atoms with van der Waals surface area (Å²) in [5.74, 6) is -2.42. The van der Waals surface area contributed by atoms with Crippen LogP contribution in [0.3, 0.4) is 0 Å². The van der Waals surface area contributed by atoms with E-state index < -0.39 is 235 Å². The van der Waals surface area contributed by atoms with Crippen LogP contribution >= 0.6 is 0 Å². The molecular weight excluding hydrogens is 1030 g/mol. The molecule has 0 bridgehead atoms. The number of ether oxygens (including phenoxy) is 11. The predicted octanol–water partition coefficient (Wildman–Crippen LogP) is -12.6. The number of aliphatic hydroxyl groups is 16. The monoisotopic (exact) mass is 1100 g/mol. The Bertz CT molecular complexity index is 1850. The molecule has 0 aliphatic carbocycles. The maximum Gasteiger partial charge on any atom is 0.217 e. The third-order valence-electron chi connectivity index (χ3n) is 13.6. The SMILES string of the molecule is CC(=O)N[C@H]1[C@H](OC[C@H]2OC(O)[C@H](NC(C)=O)[C@@H](O[C@@H]3O[C@H](CO)[C@H](O)[C@H](O[C@H]4O[C@H](CO)[C@H](O)[C@H](O[C@H]5O[C@H](CO)[C@H](O)[C@H](O)[C@H]5O)[C@H]4NC(C)=O)[C@H]3O[C@@H]3O[C@@H](C)[C@@H](O)[C@@H](O)[C@@H]3O)[C@H]2O)O[C@H](CO)[C@@H](O)[C@@H]1O. The number of nitrogens with one attached hydrogen (secondary N) is 3. The first-order chi connectivity index (χ1) is 35.4. The third-order valence-corrected chi connectivity index (χ3v) is 13.6. The Balaban J connectivity index is 1.37. The molecule has 0 aromatic rings. The van der Waals surface area contributed by atoms with E-state index in [1.54, 1.807) is 0 Å². The fourth-order valence-corrected chi connectivity index (χ4v) is 9.53. The molecule has 6 rings (SSSR count). The summed E-state index contributed by atoms with van der Waals surface area (Å²) in [6.45, 7) is -0.302. The third kappa shape index (κ3) is 13.7. The van der Waals surface area contributed by atoms with E-state index in [0.717, 1.165) is 20.8 Å². The Morgan fingerprint density at radius 2 is 0.760 bits per heavy atom. The molecule has 33 heteroatoms. The molecule has 75 heavy (non-hydrogen) atoms. The fraction of sp³-hybridized carbons (Fsp3) is 0.929. The number of hydrogen-bond donors (Lipinski definition) is 19. The van der Waals surface area contributed by atoms with Gasteiger partial charge in [0, 0.05) is 20.8 Å². The van der Waals surface area contributed by atoms with Crippen molar-refractivity contribution in [3.05, 3.63) is 0 Å². The Kier molecular flexibility index (Phi) is 21.8.